The second kappa shape index (κ2) is 5.74. The van der Waals surface area contributed by atoms with Gasteiger partial charge < -0.3 is 9.64 Å². The van der Waals surface area contributed by atoms with Gasteiger partial charge in [0.25, 0.3) is 0 Å². The highest BCUT2D eigenvalue weighted by atomic mass is 16.6. The number of rotatable bonds is 2. The summed E-state index contributed by atoms with van der Waals surface area (Å²) in [5, 5.41) is 0. The van der Waals surface area contributed by atoms with E-state index in [0.717, 1.165) is 18.8 Å². The number of nitrogens with zero attached hydrogens (tertiary/aromatic N) is 1. The maximum absolute atomic E-state index is 11.9. The van der Waals surface area contributed by atoms with E-state index in [1.165, 1.54) is 19.3 Å². The van der Waals surface area contributed by atoms with Gasteiger partial charge in [-0.3, -0.25) is 0 Å². The highest BCUT2D eigenvalue weighted by Gasteiger charge is 2.28. The number of hydrogen-bond donors (Lipinski definition) is 0. The topological polar surface area (TPSA) is 29.5 Å². The maximum Gasteiger partial charge on any atom is 0.410 e. The molecule has 0 spiro atoms. The molecule has 1 rings (SSSR count). The third-order valence-electron chi connectivity index (χ3n) is 3.62. The Kier molecular flexibility index (Phi) is 4.84. The van der Waals surface area contributed by atoms with Crippen LogP contribution in [0, 0.1) is 5.92 Å². The van der Waals surface area contributed by atoms with Crippen LogP contribution in [0.5, 0.6) is 0 Å². The van der Waals surface area contributed by atoms with Crippen LogP contribution in [0.3, 0.4) is 0 Å². The minimum Gasteiger partial charge on any atom is -0.444 e. The number of amides is 1. The lowest BCUT2D eigenvalue weighted by molar-refractivity contribution is 0.0172. The van der Waals surface area contributed by atoms with Gasteiger partial charge in [0.1, 0.15) is 5.60 Å². The molecule has 1 amide bonds. The largest absolute Gasteiger partial charge is 0.444 e. The van der Waals surface area contributed by atoms with Gasteiger partial charge in [-0.1, -0.05) is 13.3 Å². The number of ether oxygens (including phenoxy) is 1. The summed E-state index contributed by atoms with van der Waals surface area (Å²) < 4.78 is 5.39. The minimum atomic E-state index is -0.397. The predicted molar refractivity (Wildman–Crippen MR) is 70.0 cm³/mol. The first-order valence-electron chi connectivity index (χ1n) is 6.79. The molecule has 0 heterocycles. The zero-order valence-electron chi connectivity index (χ0n) is 12.0. The molecule has 0 bridgehead atoms. The van der Waals surface area contributed by atoms with Crippen molar-refractivity contribution >= 4 is 6.09 Å². The Labute approximate surface area is 106 Å². The van der Waals surface area contributed by atoms with E-state index in [0.29, 0.717) is 6.04 Å². The molecule has 1 aliphatic rings. The molecule has 0 aromatic rings. The molecule has 0 unspecified atom stereocenters. The molecular weight excluding hydrogens is 214 g/mol. The van der Waals surface area contributed by atoms with Crippen molar-refractivity contribution in [3.8, 4) is 0 Å². The van der Waals surface area contributed by atoms with Gasteiger partial charge in [0, 0.05) is 13.1 Å². The normalized spacial score (nSPS) is 25.5. The van der Waals surface area contributed by atoms with Gasteiger partial charge in [-0.15, -0.1) is 0 Å². The number of hydrogen-bond acceptors (Lipinski definition) is 2. The standard InChI is InChI=1S/C14H27NO2/c1-6-11-7-9-12(10-8-11)15(5)13(16)17-14(2,3)4/h11-12H,6-10H2,1-5H3/t11-,12-. The first kappa shape index (κ1) is 14.3. The number of carbonyl (C=O) groups excluding carboxylic acids is 1. The van der Waals surface area contributed by atoms with Crippen molar-refractivity contribution in [1.29, 1.82) is 0 Å². The molecule has 3 heteroatoms. The molecule has 0 saturated heterocycles. The van der Waals surface area contributed by atoms with Gasteiger partial charge in [-0.05, 0) is 52.4 Å². The molecule has 17 heavy (non-hydrogen) atoms. The van der Waals surface area contributed by atoms with Crippen molar-refractivity contribution < 1.29 is 9.53 Å². The SMILES string of the molecule is CC[C@H]1CC[C@H](N(C)C(=O)OC(C)(C)C)CC1. The van der Waals surface area contributed by atoms with E-state index in [1.54, 1.807) is 4.90 Å². The Morgan fingerprint density at radius 1 is 1.24 bits per heavy atom. The predicted octanol–water partition coefficient (Wildman–Crippen LogP) is 3.82. The second-order valence-corrected chi connectivity index (χ2v) is 6.17. The molecule has 3 nitrogen and oxygen atoms in total. The summed E-state index contributed by atoms with van der Waals surface area (Å²) in [6.07, 6.45) is 5.81. The summed E-state index contributed by atoms with van der Waals surface area (Å²) in [6, 6.07) is 0.368. The molecule has 0 atom stereocenters. The summed E-state index contributed by atoms with van der Waals surface area (Å²) in [6.45, 7) is 7.98. The molecular formula is C14H27NO2. The van der Waals surface area contributed by atoms with E-state index in [4.69, 9.17) is 4.74 Å². The molecule has 0 aromatic carbocycles. The minimum absolute atomic E-state index is 0.183. The van der Waals surface area contributed by atoms with Crippen molar-refractivity contribution in [3.05, 3.63) is 0 Å². The maximum atomic E-state index is 11.9. The molecule has 1 fully saturated rings. The lowest BCUT2D eigenvalue weighted by atomic mass is 9.84. The monoisotopic (exact) mass is 241 g/mol. The average Bonchev–Trinajstić information content (AvgIpc) is 2.26. The molecule has 1 aliphatic carbocycles. The summed E-state index contributed by atoms with van der Waals surface area (Å²) in [7, 11) is 1.87. The smallest absolute Gasteiger partial charge is 0.410 e. The van der Waals surface area contributed by atoms with Crippen LogP contribution in [0.15, 0.2) is 0 Å². The first-order valence-corrected chi connectivity index (χ1v) is 6.79. The van der Waals surface area contributed by atoms with E-state index in [-0.39, 0.29) is 6.09 Å². The summed E-state index contributed by atoms with van der Waals surface area (Å²) >= 11 is 0. The van der Waals surface area contributed by atoms with Crippen molar-refractivity contribution in [2.45, 2.75) is 71.4 Å². The fourth-order valence-electron chi connectivity index (χ4n) is 2.42. The first-order chi connectivity index (χ1) is 7.83. The quantitative estimate of drug-likeness (QED) is 0.735. The number of carbonyl (C=O) groups is 1. The lowest BCUT2D eigenvalue weighted by Gasteiger charge is -2.35. The highest BCUT2D eigenvalue weighted by Crippen LogP contribution is 2.29. The van der Waals surface area contributed by atoms with Crippen LogP contribution in [0.2, 0.25) is 0 Å². The van der Waals surface area contributed by atoms with E-state index in [9.17, 15) is 4.79 Å². The Morgan fingerprint density at radius 2 is 1.76 bits per heavy atom. The highest BCUT2D eigenvalue weighted by molar-refractivity contribution is 5.68. The van der Waals surface area contributed by atoms with Crippen LogP contribution in [0.4, 0.5) is 4.79 Å². The summed E-state index contributed by atoms with van der Waals surface area (Å²) in [5.74, 6) is 0.860. The van der Waals surface area contributed by atoms with E-state index >= 15 is 0 Å². The zero-order valence-corrected chi connectivity index (χ0v) is 12.0. The van der Waals surface area contributed by atoms with Crippen LogP contribution in [-0.4, -0.2) is 29.7 Å². The second-order valence-electron chi connectivity index (χ2n) is 6.17. The summed E-state index contributed by atoms with van der Waals surface area (Å²) in [4.78, 5) is 13.7. The third kappa shape index (κ3) is 4.57. The van der Waals surface area contributed by atoms with Gasteiger partial charge in [-0.25, -0.2) is 4.79 Å². The van der Waals surface area contributed by atoms with Crippen LogP contribution < -0.4 is 0 Å². The van der Waals surface area contributed by atoms with Crippen LogP contribution in [0.25, 0.3) is 0 Å². The molecule has 1 saturated carbocycles. The van der Waals surface area contributed by atoms with Crippen molar-refractivity contribution in [2.75, 3.05) is 7.05 Å². The fourth-order valence-corrected chi connectivity index (χ4v) is 2.42. The van der Waals surface area contributed by atoms with Crippen LogP contribution >= 0.6 is 0 Å². The van der Waals surface area contributed by atoms with E-state index < -0.39 is 5.60 Å². The molecule has 0 radical (unpaired) electrons. The van der Waals surface area contributed by atoms with Crippen LogP contribution in [-0.2, 0) is 4.74 Å². The van der Waals surface area contributed by atoms with Gasteiger partial charge in [-0.2, -0.15) is 0 Å². The Bertz CT molecular complexity index is 249. The Hall–Kier alpha value is -0.730. The molecule has 0 aromatic heterocycles. The van der Waals surface area contributed by atoms with Gasteiger partial charge in [0.2, 0.25) is 0 Å². The van der Waals surface area contributed by atoms with Crippen molar-refractivity contribution in [1.82, 2.24) is 4.90 Å². The molecule has 0 N–H and O–H groups in total. The molecule has 100 valence electrons. The Morgan fingerprint density at radius 3 is 2.18 bits per heavy atom. The lowest BCUT2D eigenvalue weighted by Crippen LogP contribution is -2.42. The zero-order chi connectivity index (χ0) is 13.1. The van der Waals surface area contributed by atoms with Crippen molar-refractivity contribution in [2.24, 2.45) is 5.92 Å². The van der Waals surface area contributed by atoms with E-state index in [1.807, 2.05) is 27.8 Å². The summed E-state index contributed by atoms with van der Waals surface area (Å²) in [5.41, 5.74) is -0.397. The molecule has 0 aliphatic heterocycles. The van der Waals surface area contributed by atoms with E-state index in [2.05, 4.69) is 6.92 Å². The average molecular weight is 241 g/mol. The van der Waals surface area contributed by atoms with Gasteiger partial charge in [0.15, 0.2) is 0 Å². The van der Waals surface area contributed by atoms with Crippen LogP contribution in [0.1, 0.15) is 59.8 Å². The van der Waals surface area contributed by atoms with Gasteiger partial charge >= 0.3 is 6.09 Å². The Balaban J connectivity index is 2.43. The van der Waals surface area contributed by atoms with Crippen molar-refractivity contribution in [3.63, 3.8) is 0 Å². The third-order valence-corrected chi connectivity index (χ3v) is 3.62. The van der Waals surface area contributed by atoms with Gasteiger partial charge in [0.05, 0.1) is 0 Å². The fraction of sp³-hybridized carbons (Fsp3) is 0.929.